The van der Waals surface area contributed by atoms with Gasteiger partial charge in [-0.25, -0.2) is 0 Å². The van der Waals surface area contributed by atoms with Gasteiger partial charge in [-0.1, -0.05) is 0 Å². The van der Waals surface area contributed by atoms with E-state index in [0.29, 0.717) is 12.0 Å². The Hall–Kier alpha value is -2.77. The number of imide groups is 1. The number of nitrogens with one attached hydrogen (secondary N) is 1. The molecule has 0 bridgehead atoms. The van der Waals surface area contributed by atoms with Gasteiger partial charge in [0, 0.05) is 23.4 Å². The van der Waals surface area contributed by atoms with E-state index in [1.807, 2.05) is 0 Å². The number of amides is 2. The van der Waals surface area contributed by atoms with Crippen LogP contribution >= 0.6 is 0 Å². The van der Waals surface area contributed by atoms with Crippen LogP contribution in [0, 0.1) is 10.1 Å². The van der Waals surface area contributed by atoms with E-state index in [-0.39, 0.29) is 24.3 Å². The van der Waals surface area contributed by atoms with Crippen molar-refractivity contribution in [2.24, 2.45) is 0 Å². The fourth-order valence-electron chi connectivity index (χ4n) is 1.85. The van der Waals surface area contributed by atoms with E-state index in [9.17, 15) is 24.5 Å². The zero-order valence-corrected chi connectivity index (χ0v) is 9.66. The van der Waals surface area contributed by atoms with Crippen molar-refractivity contribution in [2.45, 2.75) is 0 Å². The van der Waals surface area contributed by atoms with Crippen molar-refractivity contribution in [3.8, 4) is 0 Å². The summed E-state index contributed by atoms with van der Waals surface area (Å²) in [4.78, 5) is 44.9. The molecule has 1 aliphatic rings. The molecule has 2 amide bonds. The average molecular weight is 263 g/mol. The summed E-state index contributed by atoms with van der Waals surface area (Å²) >= 11 is 0. The van der Waals surface area contributed by atoms with Crippen LogP contribution in [-0.4, -0.2) is 36.1 Å². The number of hydrogen-bond donors (Lipinski definition) is 1. The van der Waals surface area contributed by atoms with E-state index >= 15 is 0 Å². The Balaban J connectivity index is 2.38. The van der Waals surface area contributed by atoms with Gasteiger partial charge in [0.1, 0.15) is 0 Å². The molecule has 1 fully saturated rings. The molecule has 0 saturated carbocycles. The summed E-state index contributed by atoms with van der Waals surface area (Å²) in [6.07, 6.45) is 0.458. The Bertz CT molecular complexity index is 568. The molecule has 1 saturated heterocycles. The molecule has 1 N–H and O–H groups in total. The normalized spacial score (nSPS) is 15.1. The van der Waals surface area contributed by atoms with Gasteiger partial charge in [0.25, 0.3) is 5.69 Å². The van der Waals surface area contributed by atoms with Crippen LogP contribution in [-0.2, 0) is 9.59 Å². The first-order valence-electron chi connectivity index (χ1n) is 5.32. The van der Waals surface area contributed by atoms with Crippen LogP contribution in [0.3, 0.4) is 0 Å². The number of non-ortho nitro benzene ring substituents is 1. The van der Waals surface area contributed by atoms with Gasteiger partial charge >= 0.3 is 0 Å². The third-order valence-corrected chi connectivity index (χ3v) is 2.64. The average Bonchev–Trinajstić information content (AvgIpc) is 2.36. The summed E-state index contributed by atoms with van der Waals surface area (Å²) in [6, 6.07) is 3.69. The molecule has 1 heterocycles. The molecule has 8 heteroatoms. The largest absolute Gasteiger partial charge is 0.352 e. The van der Waals surface area contributed by atoms with Gasteiger partial charge < -0.3 is 4.90 Å². The maximum absolute atomic E-state index is 11.3. The van der Waals surface area contributed by atoms with Gasteiger partial charge in [0.15, 0.2) is 6.29 Å². The van der Waals surface area contributed by atoms with E-state index in [2.05, 4.69) is 5.32 Å². The first-order valence-corrected chi connectivity index (χ1v) is 5.32. The lowest BCUT2D eigenvalue weighted by Crippen LogP contribution is -2.51. The molecule has 0 aromatic heterocycles. The summed E-state index contributed by atoms with van der Waals surface area (Å²) in [5, 5.41) is 12.7. The van der Waals surface area contributed by atoms with Crippen LogP contribution in [0.5, 0.6) is 0 Å². The van der Waals surface area contributed by atoms with Gasteiger partial charge in [-0.2, -0.15) is 0 Å². The summed E-state index contributed by atoms with van der Waals surface area (Å²) < 4.78 is 0. The molecule has 0 spiro atoms. The number of carbonyl (C=O) groups excluding carboxylic acids is 3. The number of rotatable bonds is 3. The highest BCUT2D eigenvalue weighted by atomic mass is 16.6. The number of carbonyl (C=O) groups is 3. The van der Waals surface area contributed by atoms with Crippen LogP contribution in [0.1, 0.15) is 10.4 Å². The lowest BCUT2D eigenvalue weighted by molar-refractivity contribution is -0.384. The van der Waals surface area contributed by atoms with E-state index in [4.69, 9.17) is 0 Å². The monoisotopic (exact) mass is 263 g/mol. The summed E-state index contributed by atoms with van der Waals surface area (Å²) in [6.45, 7) is -0.158. The molecule has 98 valence electrons. The highest BCUT2D eigenvalue weighted by molar-refractivity contribution is 6.03. The predicted octanol–water partition coefficient (Wildman–Crippen LogP) is -0.130. The van der Waals surface area contributed by atoms with Gasteiger partial charge in [-0.15, -0.1) is 0 Å². The minimum Gasteiger partial charge on any atom is -0.352 e. The minimum atomic E-state index is -0.620. The van der Waals surface area contributed by atoms with Crippen molar-refractivity contribution >= 4 is 29.5 Å². The number of piperazine rings is 1. The summed E-state index contributed by atoms with van der Waals surface area (Å²) in [5.74, 6) is -0.960. The topological polar surface area (TPSA) is 110 Å². The Morgan fingerprint density at radius 2 is 1.89 bits per heavy atom. The maximum atomic E-state index is 11.3. The predicted molar refractivity (Wildman–Crippen MR) is 63.8 cm³/mol. The lowest BCUT2D eigenvalue weighted by atomic mass is 10.1. The molecule has 19 heavy (non-hydrogen) atoms. The Morgan fingerprint density at radius 1 is 1.26 bits per heavy atom. The van der Waals surface area contributed by atoms with Crippen molar-refractivity contribution in [1.29, 1.82) is 0 Å². The van der Waals surface area contributed by atoms with E-state index < -0.39 is 16.7 Å². The highest BCUT2D eigenvalue weighted by Gasteiger charge is 2.25. The van der Waals surface area contributed by atoms with E-state index in [0.717, 1.165) is 6.07 Å². The quantitative estimate of drug-likeness (QED) is 0.352. The molecule has 0 aliphatic carbocycles. The first kappa shape index (κ1) is 12.7. The number of nitro groups is 1. The molecule has 1 aromatic rings. The highest BCUT2D eigenvalue weighted by Crippen LogP contribution is 2.24. The molecule has 8 nitrogen and oxygen atoms in total. The standard InChI is InChI=1S/C11H9N3O5/c15-6-7-3-8(14(18)19)1-2-9(7)13-4-10(16)12-11(17)5-13/h1-3,6H,4-5H2,(H,12,16,17). The van der Waals surface area contributed by atoms with Crippen LogP contribution < -0.4 is 10.2 Å². The molecule has 1 aliphatic heterocycles. The SMILES string of the molecule is O=Cc1cc([N+](=O)[O-])ccc1N1CC(=O)NC(=O)C1. The third kappa shape index (κ3) is 2.57. The number of aldehydes is 1. The Morgan fingerprint density at radius 3 is 2.42 bits per heavy atom. The summed E-state index contributed by atoms with van der Waals surface area (Å²) in [5.41, 5.74) is 0.166. The van der Waals surface area contributed by atoms with Crippen molar-refractivity contribution in [2.75, 3.05) is 18.0 Å². The Labute approximate surface area is 107 Å². The van der Waals surface area contributed by atoms with Gasteiger partial charge in [0.2, 0.25) is 11.8 Å². The van der Waals surface area contributed by atoms with Crippen molar-refractivity contribution in [3.05, 3.63) is 33.9 Å². The minimum absolute atomic E-state index is 0.0664. The van der Waals surface area contributed by atoms with E-state index in [1.54, 1.807) is 0 Å². The molecule has 0 atom stereocenters. The number of nitrogens with zero attached hydrogens (tertiary/aromatic N) is 2. The zero-order valence-electron chi connectivity index (χ0n) is 9.66. The number of benzene rings is 1. The second kappa shape index (κ2) is 4.84. The fourth-order valence-corrected chi connectivity index (χ4v) is 1.85. The molecule has 0 radical (unpaired) electrons. The lowest BCUT2D eigenvalue weighted by Gasteiger charge is -2.28. The zero-order chi connectivity index (χ0) is 14.0. The van der Waals surface area contributed by atoms with Crippen molar-refractivity contribution in [3.63, 3.8) is 0 Å². The number of anilines is 1. The molecule has 2 rings (SSSR count). The fraction of sp³-hybridized carbons (Fsp3) is 0.182. The molecular weight excluding hydrogens is 254 g/mol. The Kier molecular flexibility index (Phi) is 3.23. The smallest absolute Gasteiger partial charge is 0.270 e. The van der Waals surface area contributed by atoms with Crippen LogP contribution in [0.15, 0.2) is 18.2 Å². The number of hydrogen-bond acceptors (Lipinski definition) is 6. The molecule has 0 unspecified atom stereocenters. The van der Waals surface area contributed by atoms with Gasteiger partial charge in [0.05, 0.1) is 18.0 Å². The maximum Gasteiger partial charge on any atom is 0.270 e. The van der Waals surface area contributed by atoms with Gasteiger partial charge in [-0.3, -0.25) is 29.8 Å². The second-order valence-corrected chi connectivity index (χ2v) is 3.95. The van der Waals surface area contributed by atoms with Gasteiger partial charge in [-0.05, 0) is 6.07 Å². The summed E-state index contributed by atoms with van der Waals surface area (Å²) in [7, 11) is 0. The number of nitro benzene ring substituents is 1. The van der Waals surface area contributed by atoms with Crippen LogP contribution in [0.2, 0.25) is 0 Å². The van der Waals surface area contributed by atoms with Crippen LogP contribution in [0.4, 0.5) is 11.4 Å². The van der Waals surface area contributed by atoms with Crippen molar-refractivity contribution in [1.82, 2.24) is 5.32 Å². The van der Waals surface area contributed by atoms with Crippen LogP contribution in [0.25, 0.3) is 0 Å². The van der Waals surface area contributed by atoms with Crippen molar-refractivity contribution < 1.29 is 19.3 Å². The molecule has 1 aromatic carbocycles. The first-order chi connectivity index (χ1) is 9.01. The molecular formula is C11H9N3O5. The van der Waals surface area contributed by atoms with E-state index in [1.165, 1.54) is 17.0 Å². The third-order valence-electron chi connectivity index (χ3n) is 2.64. The second-order valence-electron chi connectivity index (χ2n) is 3.95.